The van der Waals surface area contributed by atoms with E-state index in [1.807, 2.05) is 32.0 Å². The van der Waals surface area contributed by atoms with Gasteiger partial charge in [0.2, 0.25) is 11.7 Å². The first-order valence-corrected chi connectivity index (χ1v) is 9.64. The third-order valence-corrected chi connectivity index (χ3v) is 5.38. The number of aryl methyl sites for hydroxylation is 1. The normalized spacial score (nSPS) is 15.8. The molecule has 0 N–H and O–H groups in total. The molecule has 1 atom stereocenters. The molecule has 7 nitrogen and oxygen atoms in total. The minimum Gasteiger partial charge on any atom is -0.497 e. The summed E-state index contributed by atoms with van der Waals surface area (Å²) < 4.78 is 15.6. The average Bonchev–Trinajstić information content (AvgIpc) is 3.14. The maximum atomic E-state index is 12.6. The van der Waals surface area contributed by atoms with E-state index in [1.165, 1.54) is 20.3 Å². The van der Waals surface area contributed by atoms with Gasteiger partial charge in [-0.05, 0) is 49.2 Å². The summed E-state index contributed by atoms with van der Waals surface area (Å²) in [4.78, 5) is 39.2. The fraction of sp³-hybridized carbons (Fsp3) is 0.348. The van der Waals surface area contributed by atoms with Gasteiger partial charge in [-0.25, -0.2) is 0 Å². The first kappa shape index (κ1) is 21.4. The van der Waals surface area contributed by atoms with Crippen LogP contribution in [0.5, 0.6) is 11.5 Å². The van der Waals surface area contributed by atoms with Crippen molar-refractivity contribution in [3.8, 4) is 11.5 Å². The summed E-state index contributed by atoms with van der Waals surface area (Å²) in [5, 5.41) is 0. The highest BCUT2D eigenvalue weighted by atomic mass is 16.5. The molecule has 158 valence electrons. The number of rotatable bonds is 7. The van der Waals surface area contributed by atoms with E-state index in [-0.39, 0.29) is 24.4 Å². The summed E-state index contributed by atoms with van der Waals surface area (Å²) in [6.07, 6.45) is 0.0584. The Bertz CT molecular complexity index is 984. The number of amides is 1. The maximum absolute atomic E-state index is 12.6. The van der Waals surface area contributed by atoms with Crippen molar-refractivity contribution in [2.24, 2.45) is 5.92 Å². The van der Waals surface area contributed by atoms with Crippen molar-refractivity contribution in [1.29, 1.82) is 0 Å². The van der Waals surface area contributed by atoms with Crippen LogP contribution in [0.15, 0.2) is 36.4 Å². The summed E-state index contributed by atoms with van der Waals surface area (Å²) in [6.45, 7) is 3.72. The van der Waals surface area contributed by atoms with Crippen molar-refractivity contribution >= 4 is 23.3 Å². The highest BCUT2D eigenvalue weighted by molar-refractivity contribution is 6.02. The van der Waals surface area contributed by atoms with Gasteiger partial charge in [0.25, 0.3) is 0 Å². The molecule has 1 amide bonds. The Morgan fingerprint density at radius 2 is 1.87 bits per heavy atom. The van der Waals surface area contributed by atoms with Gasteiger partial charge in [-0.2, -0.15) is 0 Å². The molecular weight excluding hydrogens is 386 g/mol. The number of anilines is 1. The average molecular weight is 411 g/mol. The number of hydrogen-bond acceptors (Lipinski definition) is 6. The quantitative estimate of drug-likeness (QED) is 0.514. The van der Waals surface area contributed by atoms with Crippen LogP contribution in [0.25, 0.3) is 0 Å². The Kier molecular flexibility index (Phi) is 6.40. The topological polar surface area (TPSA) is 82.1 Å². The SMILES string of the molecule is COc1ccc(OC)c(C(=O)COC(=O)[C@@H]2CC(=O)N(c3cccc(C)c3C)C2)c1. The molecule has 0 bridgehead atoms. The molecule has 3 rings (SSSR count). The first-order chi connectivity index (χ1) is 14.3. The lowest BCUT2D eigenvalue weighted by Gasteiger charge is -2.20. The van der Waals surface area contributed by atoms with Crippen molar-refractivity contribution < 1.29 is 28.6 Å². The highest BCUT2D eigenvalue weighted by Gasteiger charge is 2.37. The van der Waals surface area contributed by atoms with Gasteiger partial charge in [-0.3, -0.25) is 14.4 Å². The lowest BCUT2D eigenvalue weighted by Crippen LogP contribution is -2.28. The number of ketones is 1. The number of Topliss-reactive ketones (excluding diaryl/α,β-unsaturated/α-hetero) is 1. The molecule has 1 saturated heterocycles. The third kappa shape index (κ3) is 4.30. The zero-order valence-electron chi connectivity index (χ0n) is 17.6. The molecule has 1 aliphatic rings. The van der Waals surface area contributed by atoms with E-state index in [4.69, 9.17) is 14.2 Å². The van der Waals surface area contributed by atoms with Gasteiger partial charge in [0, 0.05) is 18.7 Å². The fourth-order valence-corrected chi connectivity index (χ4v) is 3.49. The number of esters is 1. The van der Waals surface area contributed by atoms with Gasteiger partial charge in [0.15, 0.2) is 6.61 Å². The molecule has 1 fully saturated rings. The molecule has 0 spiro atoms. The van der Waals surface area contributed by atoms with Gasteiger partial charge in [0.1, 0.15) is 11.5 Å². The number of carbonyl (C=O) groups excluding carboxylic acids is 3. The van der Waals surface area contributed by atoms with Gasteiger partial charge < -0.3 is 19.1 Å². The molecule has 0 aromatic heterocycles. The van der Waals surface area contributed by atoms with Crippen LogP contribution in [0.3, 0.4) is 0 Å². The van der Waals surface area contributed by atoms with Crippen LogP contribution in [0, 0.1) is 19.8 Å². The molecule has 2 aromatic carbocycles. The molecule has 2 aromatic rings. The molecule has 1 heterocycles. The molecule has 1 aliphatic heterocycles. The number of methoxy groups -OCH3 is 2. The van der Waals surface area contributed by atoms with Crippen molar-refractivity contribution in [3.05, 3.63) is 53.1 Å². The van der Waals surface area contributed by atoms with E-state index < -0.39 is 24.3 Å². The lowest BCUT2D eigenvalue weighted by molar-refractivity contribution is -0.147. The fourth-order valence-electron chi connectivity index (χ4n) is 3.49. The summed E-state index contributed by atoms with van der Waals surface area (Å²) in [5.41, 5.74) is 3.14. The van der Waals surface area contributed by atoms with Crippen molar-refractivity contribution in [2.75, 3.05) is 32.3 Å². The van der Waals surface area contributed by atoms with Crippen LogP contribution < -0.4 is 14.4 Å². The van der Waals surface area contributed by atoms with Crippen LogP contribution >= 0.6 is 0 Å². The van der Waals surface area contributed by atoms with Crippen LogP contribution in [-0.4, -0.2) is 45.0 Å². The predicted molar refractivity (Wildman–Crippen MR) is 111 cm³/mol. The number of hydrogen-bond donors (Lipinski definition) is 0. The second-order valence-electron chi connectivity index (χ2n) is 7.22. The Balaban J connectivity index is 1.65. The largest absolute Gasteiger partial charge is 0.497 e. The first-order valence-electron chi connectivity index (χ1n) is 9.64. The van der Waals surface area contributed by atoms with Crippen LogP contribution in [-0.2, 0) is 14.3 Å². The molecule has 0 aliphatic carbocycles. The summed E-state index contributed by atoms with van der Waals surface area (Å²) in [5.74, 6) is -0.852. The summed E-state index contributed by atoms with van der Waals surface area (Å²) in [7, 11) is 2.95. The van der Waals surface area contributed by atoms with Crippen LogP contribution in [0.4, 0.5) is 5.69 Å². The maximum Gasteiger partial charge on any atom is 0.311 e. The summed E-state index contributed by atoms with van der Waals surface area (Å²) >= 11 is 0. The zero-order chi connectivity index (χ0) is 21.8. The number of carbonyl (C=O) groups is 3. The summed E-state index contributed by atoms with van der Waals surface area (Å²) in [6, 6.07) is 10.6. The Hall–Kier alpha value is -3.35. The standard InChI is InChI=1S/C23H25NO6/c1-14-6-5-7-19(15(14)2)24-12-16(10-22(24)26)23(27)30-13-20(25)18-11-17(28-3)8-9-21(18)29-4/h5-9,11,16H,10,12-13H2,1-4H3/t16-/m1/s1. The van der Waals surface area contributed by atoms with Crippen molar-refractivity contribution in [2.45, 2.75) is 20.3 Å². The monoisotopic (exact) mass is 411 g/mol. The van der Waals surface area contributed by atoms with Crippen molar-refractivity contribution in [3.63, 3.8) is 0 Å². The lowest BCUT2D eigenvalue weighted by atomic mass is 10.1. The van der Waals surface area contributed by atoms with E-state index in [2.05, 4.69) is 0 Å². The Labute approximate surface area is 175 Å². The van der Waals surface area contributed by atoms with Crippen LogP contribution in [0.2, 0.25) is 0 Å². The second-order valence-corrected chi connectivity index (χ2v) is 7.22. The zero-order valence-corrected chi connectivity index (χ0v) is 17.6. The number of nitrogens with zero attached hydrogens (tertiary/aromatic N) is 1. The van der Waals surface area contributed by atoms with Crippen LogP contribution in [0.1, 0.15) is 27.9 Å². The number of benzene rings is 2. The van der Waals surface area contributed by atoms with Gasteiger partial charge >= 0.3 is 5.97 Å². The molecule has 0 saturated carbocycles. The van der Waals surface area contributed by atoms with E-state index in [1.54, 1.807) is 17.0 Å². The van der Waals surface area contributed by atoms with E-state index >= 15 is 0 Å². The van der Waals surface area contributed by atoms with Crippen molar-refractivity contribution in [1.82, 2.24) is 0 Å². The Morgan fingerprint density at radius 1 is 1.10 bits per heavy atom. The molecule has 30 heavy (non-hydrogen) atoms. The second kappa shape index (κ2) is 8.98. The van der Waals surface area contributed by atoms with E-state index in [0.717, 1.165) is 16.8 Å². The smallest absolute Gasteiger partial charge is 0.311 e. The molecular formula is C23H25NO6. The minimum atomic E-state index is -0.614. The third-order valence-electron chi connectivity index (χ3n) is 5.38. The Morgan fingerprint density at radius 3 is 2.57 bits per heavy atom. The highest BCUT2D eigenvalue weighted by Crippen LogP contribution is 2.30. The molecule has 0 radical (unpaired) electrons. The molecule has 7 heteroatoms. The van der Waals surface area contributed by atoms with E-state index in [9.17, 15) is 14.4 Å². The number of ether oxygens (including phenoxy) is 3. The van der Waals surface area contributed by atoms with Gasteiger partial charge in [-0.1, -0.05) is 12.1 Å². The minimum absolute atomic E-state index is 0.0584. The van der Waals surface area contributed by atoms with Gasteiger partial charge in [-0.15, -0.1) is 0 Å². The van der Waals surface area contributed by atoms with Gasteiger partial charge in [0.05, 0.1) is 25.7 Å². The van der Waals surface area contributed by atoms with E-state index in [0.29, 0.717) is 11.5 Å². The molecule has 0 unspecified atom stereocenters. The predicted octanol–water partition coefficient (Wildman–Crippen LogP) is 3.10.